The van der Waals surface area contributed by atoms with E-state index in [1.54, 1.807) is 0 Å². The Morgan fingerprint density at radius 3 is 2.27 bits per heavy atom. The Balaban J connectivity index is 0. The van der Waals surface area contributed by atoms with Gasteiger partial charge in [0.2, 0.25) is 0 Å². The summed E-state index contributed by atoms with van der Waals surface area (Å²) in [5, 5.41) is 18.0. The number of carbonyl (C=O) groups excluding carboxylic acids is 1. The van der Waals surface area contributed by atoms with Crippen molar-refractivity contribution in [3.63, 3.8) is 0 Å². The third-order valence-corrected chi connectivity index (χ3v) is 0.972. The molecule has 0 saturated carbocycles. The first-order valence-electron chi connectivity index (χ1n) is 2.72. The number of carboxylic acids is 2. The maximum atomic E-state index is 9.88. The predicted octanol–water partition coefficient (Wildman–Crippen LogP) is -5.07. The molecule has 0 aromatic heterocycles. The quantitative estimate of drug-likeness (QED) is 0.536. The van der Waals surface area contributed by atoms with Crippen LogP contribution in [0.3, 0.4) is 0 Å². The van der Waals surface area contributed by atoms with E-state index in [1.807, 2.05) is 0 Å². The Hall–Kier alpha value is 0.952. The molecule has 6 heteroatoms. The SMILES string of the molecule is N[C@@H](CCC(=O)O)C(=O)[O-].[Cs+]. The average Bonchev–Trinajstić information content (AvgIpc) is 1.82. The number of carbonyl (C=O) groups is 2. The van der Waals surface area contributed by atoms with Crippen molar-refractivity contribution in [2.75, 3.05) is 0 Å². The largest absolute Gasteiger partial charge is 1.00 e. The second-order valence-corrected chi connectivity index (χ2v) is 1.86. The van der Waals surface area contributed by atoms with Gasteiger partial charge in [-0.05, 0) is 6.42 Å². The smallest absolute Gasteiger partial charge is 0.548 e. The molecule has 0 rings (SSSR count). The van der Waals surface area contributed by atoms with E-state index in [0.29, 0.717) is 0 Å². The van der Waals surface area contributed by atoms with Gasteiger partial charge in [-0.3, -0.25) is 4.79 Å². The third-order valence-electron chi connectivity index (χ3n) is 0.972. The fourth-order valence-electron chi connectivity index (χ4n) is 0.397. The maximum absolute atomic E-state index is 9.88. The second-order valence-electron chi connectivity index (χ2n) is 1.86. The standard InChI is InChI=1S/C5H9NO4.Cs/c6-3(5(9)10)1-2-4(7)8;/h3H,1-2,6H2,(H,7,8)(H,9,10);/q;+1/p-1/t3-;/m0./s1. The van der Waals surface area contributed by atoms with Crippen LogP contribution in [0.4, 0.5) is 0 Å². The molecule has 0 unspecified atom stereocenters. The number of hydrogen-bond donors (Lipinski definition) is 2. The van der Waals surface area contributed by atoms with Crippen molar-refractivity contribution < 1.29 is 88.7 Å². The van der Waals surface area contributed by atoms with Gasteiger partial charge in [-0.15, -0.1) is 0 Å². The summed E-state index contributed by atoms with van der Waals surface area (Å²) in [5.74, 6) is -2.47. The van der Waals surface area contributed by atoms with Gasteiger partial charge in [0.15, 0.2) is 0 Å². The molecule has 0 spiro atoms. The van der Waals surface area contributed by atoms with Crippen LogP contribution in [-0.2, 0) is 9.59 Å². The molecule has 0 fully saturated rings. The van der Waals surface area contributed by atoms with E-state index in [4.69, 9.17) is 10.8 Å². The first-order chi connectivity index (χ1) is 4.54. The van der Waals surface area contributed by atoms with Gasteiger partial charge in [0, 0.05) is 12.5 Å². The third kappa shape index (κ3) is 8.86. The van der Waals surface area contributed by atoms with Crippen LogP contribution in [0.15, 0.2) is 0 Å². The molecule has 5 nitrogen and oxygen atoms in total. The van der Waals surface area contributed by atoms with E-state index in [0.717, 1.165) is 0 Å². The van der Waals surface area contributed by atoms with Crippen molar-refractivity contribution >= 4 is 11.9 Å². The van der Waals surface area contributed by atoms with Crippen LogP contribution in [0.1, 0.15) is 12.8 Å². The number of aliphatic carboxylic acids is 2. The van der Waals surface area contributed by atoms with E-state index in [-0.39, 0.29) is 81.7 Å². The molecule has 0 aliphatic carbocycles. The summed E-state index contributed by atoms with van der Waals surface area (Å²) in [5.41, 5.74) is 4.94. The van der Waals surface area contributed by atoms with Gasteiger partial charge in [0.05, 0.1) is 5.97 Å². The van der Waals surface area contributed by atoms with Gasteiger partial charge in [-0.2, -0.15) is 0 Å². The zero-order valence-corrected chi connectivity index (χ0v) is 12.5. The fraction of sp³-hybridized carbons (Fsp3) is 0.600. The minimum absolute atomic E-state index is 0. The molecule has 0 aromatic rings. The molecule has 0 aliphatic rings. The summed E-state index contributed by atoms with van der Waals surface area (Å²) in [6, 6.07) is -1.17. The molecular weight excluding hydrogens is 271 g/mol. The van der Waals surface area contributed by atoms with E-state index in [1.165, 1.54) is 0 Å². The monoisotopic (exact) mass is 279 g/mol. The summed E-state index contributed by atoms with van der Waals surface area (Å²) in [7, 11) is 0. The van der Waals surface area contributed by atoms with Crippen molar-refractivity contribution in [3.05, 3.63) is 0 Å². The van der Waals surface area contributed by atoms with Gasteiger partial charge >= 0.3 is 74.9 Å². The first-order valence-corrected chi connectivity index (χ1v) is 2.72. The molecule has 3 N–H and O–H groups in total. The van der Waals surface area contributed by atoms with Crippen LogP contribution >= 0.6 is 0 Å². The van der Waals surface area contributed by atoms with Crippen molar-refractivity contribution in [2.24, 2.45) is 5.73 Å². The van der Waals surface area contributed by atoms with Gasteiger partial charge in [0.25, 0.3) is 0 Å². The Labute approximate surface area is 123 Å². The molecule has 0 aromatic carbocycles. The molecule has 0 amide bonds. The Kier molecular flexibility index (Phi) is 9.99. The number of carboxylic acid groups (broad SMARTS) is 2. The topological polar surface area (TPSA) is 103 Å². The summed E-state index contributed by atoms with van der Waals surface area (Å²) in [4.78, 5) is 19.7. The minimum atomic E-state index is -1.42. The van der Waals surface area contributed by atoms with Crippen LogP contribution < -0.4 is 79.7 Å². The van der Waals surface area contributed by atoms with Gasteiger partial charge in [-0.1, -0.05) is 0 Å². The zero-order chi connectivity index (χ0) is 8.15. The van der Waals surface area contributed by atoms with E-state index < -0.39 is 18.0 Å². The molecule has 58 valence electrons. The van der Waals surface area contributed by atoms with E-state index in [2.05, 4.69) is 0 Å². The van der Waals surface area contributed by atoms with Crippen molar-refractivity contribution in [1.29, 1.82) is 0 Å². The Bertz CT molecular complexity index is 149. The van der Waals surface area contributed by atoms with Crippen molar-refractivity contribution in [2.45, 2.75) is 18.9 Å². The molecular formula is C5H8CsNO4. The number of hydrogen-bond acceptors (Lipinski definition) is 4. The molecule has 11 heavy (non-hydrogen) atoms. The molecule has 0 aliphatic heterocycles. The van der Waals surface area contributed by atoms with Crippen LogP contribution in [-0.4, -0.2) is 23.1 Å². The Morgan fingerprint density at radius 2 is 2.00 bits per heavy atom. The van der Waals surface area contributed by atoms with Crippen molar-refractivity contribution in [3.8, 4) is 0 Å². The molecule has 0 bridgehead atoms. The van der Waals surface area contributed by atoms with E-state index >= 15 is 0 Å². The van der Waals surface area contributed by atoms with Crippen molar-refractivity contribution in [1.82, 2.24) is 0 Å². The number of rotatable bonds is 4. The minimum Gasteiger partial charge on any atom is -0.548 e. The molecule has 1 atom stereocenters. The Morgan fingerprint density at radius 1 is 1.55 bits per heavy atom. The maximum Gasteiger partial charge on any atom is 1.00 e. The van der Waals surface area contributed by atoms with Gasteiger partial charge in [0.1, 0.15) is 0 Å². The predicted molar refractivity (Wildman–Crippen MR) is 29.9 cm³/mol. The van der Waals surface area contributed by atoms with Crippen LogP contribution in [0.2, 0.25) is 0 Å². The zero-order valence-electron chi connectivity index (χ0n) is 6.24. The van der Waals surface area contributed by atoms with Crippen LogP contribution in [0, 0.1) is 0 Å². The second kappa shape index (κ2) is 7.59. The number of nitrogens with two attached hydrogens (primary N) is 1. The summed E-state index contributed by atoms with van der Waals surface area (Å²) in [6.45, 7) is 0. The van der Waals surface area contributed by atoms with Crippen LogP contribution in [0.5, 0.6) is 0 Å². The molecule has 0 heterocycles. The van der Waals surface area contributed by atoms with Gasteiger partial charge in [-0.25, -0.2) is 0 Å². The summed E-state index contributed by atoms with van der Waals surface area (Å²) >= 11 is 0. The summed E-state index contributed by atoms with van der Waals surface area (Å²) < 4.78 is 0. The van der Waals surface area contributed by atoms with Gasteiger partial charge < -0.3 is 20.7 Å². The molecule has 0 radical (unpaired) electrons. The van der Waals surface area contributed by atoms with Crippen LogP contribution in [0.25, 0.3) is 0 Å². The van der Waals surface area contributed by atoms with E-state index in [9.17, 15) is 14.7 Å². The average molecular weight is 279 g/mol. The fourth-order valence-corrected chi connectivity index (χ4v) is 0.397. The summed E-state index contributed by atoms with van der Waals surface area (Å²) in [6.07, 6.45) is -0.327. The first kappa shape index (κ1) is 14.5. The normalized spacial score (nSPS) is 11.4. The molecule has 0 saturated heterocycles.